The number of pyridine rings is 1. The summed E-state index contributed by atoms with van der Waals surface area (Å²) in [7, 11) is 0. The molecule has 1 N–H and O–H groups in total. The second-order valence-corrected chi connectivity index (χ2v) is 9.07. The van der Waals surface area contributed by atoms with E-state index in [2.05, 4.69) is 32.5 Å². The molecule has 9 nitrogen and oxygen atoms in total. The molecule has 0 aliphatic heterocycles. The van der Waals surface area contributed by atoms with Crippen LogP contribution < -0.4 is 5.69 Å². The van der Waals surface area contributed by atoms with Crippen LogP contribution in [-0.2, 0) is 17.8 Å². The number of Topliss-reactive ketones (excluding diaryl/α,β-unsaturated/α-hetero) is 1. The number of benzene rings is 1. The largest absolute Gasteiger partial charge is 0.329 e. The molecule has 3 heterocycles. The highest BCUT2D eigenvalue weighted by Gasteiger charge is 2.27. The number of carbonyl (C=O) groups is 1. The van der Waals surface area contributed by atoms with Crippen LogP contribution in [0.25, 0.3) is 22.5 Å². The van der Waals surface area contributed by atoms with Crippen LogP contribution in [0.4, 0.5) is 0 Å². The summed E-state index contributed by atoms with van der Waals surface area (Å²) < 4.78 is 3.51. The van der Waals surface area contributed by atoms with Crippen molar-refractivity contribution in [2.45, 2.75) is 64.5 Å². The van der Waals surface area contributed by atoms with E-state index in [1.54, 1.807) is 10.8 Å². The summed E-state index contributed by atoms with van der Waals surface area (Å²) in [5.41, 5.74) is 4.70. The van der Waals surface area contributed by atoms with Crippen molar-refractivity contribution in [3.05, 3.63) is 70.7 Å². The number of nitrogens with zero attached hydrogens (tertiary/aromatic N) is 6. The monoisotopic (exact) mass is 471 g/mol. The Morgan fingerprint density at radius 3 is 2.66 bits per heavy atom. The van der Waals surface area contributed by atoms with Crippen LogP contribution >= 0.6 is 0 Å². The number of aromatic amines is 1. The topological polar surface area (TPSA) is 111 Å². The Bertz CT molecular complexity index is 1350. The molecule has 1 aliphatic carbocycles. The molecule has 1 atom stereocenters. The Morgan fingerprint density at radius 1 is 1.09 bits per heavy atom. The summed E-state index contributed by atoms with van der Waals surface area (Å²) in [5.74, 6) is 0.707. The van der Waals surface area contributed by atoms with Gasteiger partial charge in [0.2, 0.25) is 5.82 Å². The number of hydrogen-bond donors (Lipinski definition) is 1. The van der Waals surface area contributed by atoms with Crippen LogP contribution in [0, 0.1) is 0 Å². The predicted octanol–water partition coefficient (Wildman–Crippen LogP) is 3.97. The number of ketones is 1. The van der Waals surface area contributed by atoms with Crippen molar-refractivity contribution in [2.75, 3.05) is 0 Å². The minimum Gasteiger partial charge on any atom is -0.297 e. The molecule has 1 fully saturated rings. The summed E-state index contributed by atoms with van der Waals surface area (Å²) in [4.78, 5) is 30.5. The van der Waals surface area contributed by atoms with E-state index >= 15 is 0 Å². The van der Waals surface area contributed by atoms with Crippen LogP contribution in [-0.4, -0.2) is 40.5 Å². The zero-order valence-electron chi connectivity index (χ0n) is 19.9. The van der Waals surface area contributed by atoms with E-state index in [9.17, 15) is 9.59 Å². The molecule has 180 valence electrons. The molecule has 4 aromatic rings. The number of carbonyl (C=O) groups excluding carboxylic acids is 1. The predicted molar refractivity (Wildman–Crippen MR) is 132 cm³/mol. The first kappa shape index (κ1) is 22.9. The lowest BCUT2D eigenvalue weighted by atomic mass is 9.94. The molecule has 0 saturated heterocycles. The first-order valence-electron chi connectivity index (χ1n) is 12.3. The van der Waals surface area contributed by atoms with Crippen molar-refractivity contribution >= 4 is 5.78 Å². The van der Waals surface area contributed by atoms with Crippen LogP contribution in [0.1, 0.15) is 62.7 Å². The minimum absolute atomic E-state index is 0.112. The van der Waals surface area contributed by atoms with Crippen molar-refractivity contribution in [1.82, 2.24) is 34.7 Å². The van der Waals surface area contributed by atoms with Gasteiger partial charge in [-0.1, -0.05) is 44.0 Å². The average molecular weight is 472 g/mol. The number of nitrogens with one attached hydrogen (secondary N) is 1. The van der Waals surface area contributed by atoms with Gasteiger partial charge in [-0.25, -0.2) is 4.79 Å². The lowest BCUT2D eigenvalue weighted by Gasteiger charge is -2.20. The number of aromatic nitrogens is 7. The van der Waals surface area contributed by atoms with E-state index in [4.69, 9.17) is 0 Å². The summed E-state index contributed by atoms with van der Waals surface area (Å²) >= 11 is 0. The average Bonchev–Trinajstić information content (AvgIpc) is 3.53. The maximum Gasteiger partial charge on any atom is 0.329 e. The van der Waals surface area contributed by atoms with Gasteiger partial charge in [0.25, 0.3) is 0 Å². The molecule has 1 unspecified atom stereocenters. The first-order chi connectivity index (χ1) is 17.2. The Kier molecular flexibility index (Phi) is 6.65. The third-order valence-corrected chi connectivity index (χ3v) is 6.76. The van der Waals surface area contributed by atoms with Gasteiger partial charge in [-0.3, -0.25) is 18.9 Å². The lowest BCUT2D eigenvalue weighted by molar-refractivity contribution is -0.123. The lowest BCUT2D eigenvalue weighted by Crippen LogP contribution is -2.33. The van der Waals surface area contributed by atoms with E-state index < -0.39 is 0 Å². The van der Waals surface area contributed by atoms with E-state index in [-0.39, 0.29) is 17.5 Å². The maximum atomic E-state index is 13.6. The van der Waals surface area contributed by atoms with Crippen LogP contribution in [0.2, 0.25) is 0 Å². The van der Waals surface area contributed by atoms with Crippen LogP contribution in [0.3, 0.4) is 0 Å². The minimum atomic E-state index is -0.344. The summed E-state index contributed by atoms with van der Waals surface area (Å²) in [6, 6.07) is 9.55. The molecule has 9 heteroatoms. The fraction of sp³-hybridized carbons (Fsp3) is 0.385. The Morgan fingerprint density at radius 2 is 1.91 bits per heavy atom. The van der Waals surface area contributed by atoms with E-state index in [1.807, 2.05) is 47.3 Å². The molecular weight excluding hydrogens is 442 g/mol. The van der Waals surface area contributed by atoms with Gasteiger partial charge in [0.05, 0.1) is 12.6 Å². The van der Waals surface area contributed by atoms with E-state index in [0.29, 0.717) is 18.8 Å². The molecule has 1 saturated carbocycles. The third-order valence-electron chi connectivity index (χ3n) is 6.76. The molecule has 0 bridgehead atoms. The molecule has 5 rings (SSSR count). The van der Waals surface area contributed by atoms with Gasteiger partial charge in [-0.2, -0.15) is 5.21 Å². The fourth-order valence-electron chi connectivity index (χ4n) is 4.84. The first-order valence-corrected chi connectivity index (χ1v) is 12.3. The zero-order valence-corrected chi connectivity index (χ0v) is 19.9. The van der Waals surface area contributed by atoms with Crippen molar-refractivity contribution in [2.24, 2.45) is 0 Å². The van der Waals surface area contributed by atoms with E-state index in [1.165, 1.54) is 0 Å². The Hall–Kier alpha value is -3.88. The molecule has 3 aromatic heterocycles. The Balaban J connectivity index is 1.49. The Labute approximate surface area is 203 Å². The quantitative estimate of drug-likeness (QED) is 0.416. The highest BCUT2D eigenvalue weighted by Crippen LogP contribution is 2.28. The second-order valence-electron chi connectivity index (χ2n) is 9.07. The van der Waals surface area contributed by atoms with Crippen molar-refractivity contribution in [3.63, 3.8) is 0 Å². The van der Waals surface area contributed by atoms with Gasteiger partial charge < -0.3 is 0 Å². The molecular formula is C26H29N7O2. The van der Waals surface area contributed by atoms with Crippen LogP contribution in [0.5, 0.6) is 0 Å². The smallest absolute Gasteiger partial charge is 0.297 e. The maximum absolute atomic E-state index is 13.6. The molecule has 35 heavy (non-hydrogen) atoms. The SMILES string of the molecule is CCCCc1cn(C2CCCCC2=O)c(=O)n1Cc1cnccc1-c1ccc(-c2nn[nH]n2)cc1. The van der Waals surface area contributed by atoms with Crippen molar-refractivity contribution < 1.29 is 4.79 Å². The molecule has 1 aliphatic rings. The van der Waals surface area contributed by atoms with Crippen molar-refractivity contribution in [3.8, 4) is 22.5 Å². The molecule has 1 aromatic carbocycles. The number of imidazole rings is 1. The zero-order chi connectivity index (χ0) is 24.2. The van der Waals surface area contributed by atoms with Gasteiger partial charge in [0.1, 0.15) is 0 Å². The van der Waals surface area contributed by atoms with Gasteiger partial charge in [0.15, 0.2) is 5.78 Å². The number of hydrogen-bond acceptors (Lipinski definition) is 6. The number of aryl methyl sites for hydroxylation is 1. The standard InChI is InChI=1S/C26H29N7O2/c1-2-3-6-21-17-33(23-7-4-5-8-24(23)34)26(35)32(21)16-20-15-27-14-13-22(20)18-9-11-19(12-10-18)25-28-30-31-29-25/h9-15,17,23H,2-8,16H2,1H3,(H,28,29,30,31). The number of unbranched alkanes of at least 4 members (excludes halogenated alkanes) is 1. The molecule has 0 amide bonds. The normalized spacial score (nSPS) is 16.0. The summed E-state index contributed by atoms with van der Waals surface area (Å²) in [6.07, 6.45) is 11.5. The molecule has 0 spiro atoms. The van der Waals surface area contributed by atoms with Gasteiger partial charge >= 0.3 is 5.69 Å². The highest BCUT2D eigenvalue weighted by molar-refractivity contribution is 5.83. The third kappa shape index (κ3) is 4.71. The fourth-order valence-corrected chi connectivity index (χ4v) is 4.84. The van der Waals surface area contributed by atoms with E-state index in [0.717, 1.165) is 66.5 Å². The number of tetrazole rings is 1. The van der Waals surface area contributed by atoms with Gasteiger partial charge in [-0.15, -0.1) is 10.2 Å². The molecule has 0 radical (unpaired) electrons. The second kappa shape index (κ2) is 10.2. The van der Waals surface area contributed by atoms with Gasteiger partial charge in [-0.05, 0) is 53.7 Å². The number of H-pyrrole nitrogens is 1. The summed E-state index contributed by atoms with van der Waals surface area (Å²) in [5, 5.41) is 14.1. The van der Waals surface area contributed by atoms with Crippen LogP contribution in [0.15, 0.2) is 53.7 Å². The number of rotatable bonds is 8. The van der Waals surface area contributed by atoms with Crippen molar-refractivity contribution in [1.29, 1.82) is 0 Å². The summed E-state index contributed by atoms with van der Waals surface area (Å²) in [6.45, 7) is 2.54. The van der Waals surface area contributed by atoms with Gasteiger partial charge in [0, 0.05) is 36.3 Å². The highest BCUT2D eigenvalue weighted by atomic mass is 16.2.